The van der Waals surface area contributed by atoms with Gasteiger partial charge in [-0.2, -0.15) is 0 Å². The quantitative estimate of drug-likeness (QED) is 0.608. The van der Waals surface area contributed by atoms with Gasteiger partial charge in [-0.25, -0.2) is 0 Å². The zero-order chi connectivity index (χ0) is 18.0. The van der Waals surface area contributed by atoms with E-state index in [1.165, 1.54) is 39.2 Å². The third-order valence-corrected chi connectivity index (χ3v) is 4.98. The van der Waals surface area contributed by atoms with E-state index in [9.17, 15) is 0 Å². The number of benzene rings is 2. The lowest BCUT2D eigenvalue weighted by atomic mass is 9.88. The molecule has 0 unspecified atom stereocenters. The predicted molar refractivity (Wildman–Crippen MR) is 110 cm³/mol. The van der Waals surface area contributed by atoms with Crippen LogP contribution in [0.15, 0.2) is 65.9 Å². The Bertz CT molecular complexity index is 778. The van der Waals surface area contributed by atoms with Crippen molar-refractivity contribution in [1.82, 2.24) is 0 Å². The molecule has 0 heterocycles. The Hall–Kier alpha value is -2.28. The summed E-state index contributed by atoms with van der Waals surface area (Å²) in [7, 11) is 0. The van der Waals surface area contributed by atoms with E-state index < -0.39 is 0 Å². The lowest BCUT2D eigenvalue weighted by Crippen LogP contribution is -2.07. The average molecular weight is 332 g/mol. The summed E-state index contributed by atoms with van der Waals surface area (Å²) in [6.07, 6.45) is 5.51. The summed E-state index contributed by atoms with van der Waals surface area (Å²) in [6, 6.07) is 15.4. The smallest absolute Gasteiger partial charge is 0.0455 e. The van der Waals surface area contributed by atoms with E-state index in [1.54, 1.807) is 0 Å². The molecule has 1 nitrogen and oxygen atoms in total. The van der Waals surface area contributed by atoms with Crippen molar-refractivity contribution in [2.45, 2.75) is 52.9 Å². The second kappa shape index (κ2) is 7.31. The van der Waals surface area contributed by atoms with Gasteiger partial charge in [-0.3, -0.25) is 0 Å². The van der Waals surface area contributed by atoms with Crippen LogP contribution in [-0.2, 0) is 0 Å². The molecule has 0 fully saturated rings. The highest BCUT2D eigenvalue weighted by molar-refractivity contribution is 5.74. The Balaban J connectivity index is 2.16. The molecule has 1 N–H and O–H groups in total. The second-order valence-corrected chi connectivity index (χ2v) is 7.63. The molecule has 0 saturated carbocycles. The van der Waals surface area contributed by atoms with Gasteiger partial charge in [0, 0.05) is 11.4 Å². The molecular weight excluding hydrogens is 302 g/mol. The standard InChI is InChI=1S/C24H29N/c1-16(2)21-14-20(19-11-7-6-8-12-19)15-22(17(3)4)24(21)25-23-13-9-10-18(23)5/h6-9,11-17,25H,10H2,1-5H3. The molecule has 0 atom stereocenters. The Morgan fingerprint density at radius 3 is 1.92 bits per heavy atom. The number of hydrogen-bond donors (Lipinski definition) is 1. The van der Waals surface area contributed by atoms with E-state index in [4.69, 9.17) is 0 Å². The van der Waals surface area contributed by atoms with E-state index in [2.05, 4.69) is 94.6 Å². The summed E-state index contributed by atoms with van der Waals surface area (Å²) in [5.41, 5.74) is 9.36. The van der Waals surface area contributed by atoms with Gasteiger partial charge in [0.25, 0.3) is 0 Å². The van der Waals surface area contributed by atoms with Gasteiger partial charge in [0.05, 0.1) is 0 Å². The van der Waals surface area contributed by atoms with Crippen LogP contribution in [0.3, 0.4) is 0 Å². The van der Waals surface area contributed by atoms with Crippen LogP contribution in [0.4, 0.5) is 5.69 Å². The van der Waals surface area contributed by atoms with Crippen molar-refractivity contribution in [1.29, 1.82) is 0 Å². The highest BCUT2D eigenvalue weighted by atomic mass is 14.9. The maximum absolute atomic E-state index is 3.76. The van der Waals surface area contributed by atoms with Crippen LogP contribution < -0.4 is 5.32 Å². The molecule has 1 heteroatoms. The lowest BCUT2D eigenvalue weighted by Gasteiger charge is -2.23. The van der Waals surface area contributed by atoms with E-state index in [1.807, 2.05) is 0 Å². The summed E-state index contributed by atoms with van der Waals surface area (Å²) in [6.45, 7) is 11.3. The minimum atomic E-state index is 0.468. The molecule has 0 saturated heterocycles. The molecule has 0 radical (unpaired) electrons. The zero-order valence-corrected chi connectivity index (χ0v) is 16.1. The van der Waals surface area contributed by atoms with Gasteiger partial charge >= 0.3 is 0 Å². The van der Waals surface area contributed by atoms with E-state index in [0.29, 0.717) is 11.8 Å². The van der Waals surface area contributed by atoms with Crippen molar-refractivity contribution in [3.05, 3.63) is 77.0 Å². The van der Waals surface area contributed by atoms with Gasteiger partial charge in [-0.05, 0) is 71.2 Å². The first-order chi connectivity index (χ1) is 12.0. The van der Waals surface area contributed by atoms with E-state index in [-0.39, 0.29) is 0 Å². The van der Waals surface area contributed by atoms with Crippen LogP contribution >= 0.6 is 0 Å². The number of nitrogens with one attached hydrogen (secondary N) is 1. The van der Waals surface area contributed by atoms with E-state index in [0.717, 1.165) is 6.42 Å². The average Bonchev–Trinajstić information content (AvgIpc) is 3.00. The normalized spacial score (nSPS) is 14.0. The first-order valence-corrected chi connectivity index (χ1v) is 9.34. The minimum absolute atomic E-state index is 0.468. The summed E-state index contributed by atoms with van der Waals surface area (Å²) < 4.78 is 0. The molecule has 1 aliphatic rings. The number of anilines is 1. The summed E-state index contributed by atoms with van der Waals surface area (Å²) in [5, 5.41) is 3.76. The number of rotatable bonds is 5. The molecular formula is C24H29N. The van der Waals surface area contributed by atoms with Crippen molar-refractivity contribution >= 4 is 5.69 Å². The zero-order valence-electron chi connectivity index (χ0n) is 16.1. The highest BCUT2D eigenvalue weighted by Crippen LogP contribution is 2.38. The number of hydrogen-bond acceptors (Lipinski definition) is 1. The lowest BCUT2D eigenvalue weighted by molar-refractivity contribution is 0.838. The molecule has 2 aromatic carbocycles. The van der Waals surface area contributed by atoms with Crippen LogP contribution in [0.1, 0.15) is 64.0 Å². The molecule has 0 amide bonds. The van der Waals surface area contributed by atoms with E-state index >= 15 is 0 Å². The Morgan fingerprint density at radius 2 is 1.44 bits per heavy atom. The predicted octanol–water partition coefficient (Wildman–Crippen LogP) is 7.25. The molecule has 1 aliphatic carbocycles. The maximum atomic E-state index is 3.76. The molecule has 25 heavy (non-hydrogen) atoms. The molecule has 0 bridgehead atoms. The SMILES string of the molecule is CC1=C(Nc2c(C(C)C)cc(-c3ccccc3)cc2C(C)C)C=CC1. The van der Waals surface area contributed by atoms with Gasteiger partial charge < -0.3 is 5.32 Å². The third kappa shape index (κ3) is 3.71. The summed E-state index contributed by atoms with van der Waals surface area (Å²) in [5.74, 6) is 0.935. The largest absolute Gasteiger partial charge is 0.355 e. The Kier molecular flexibility index (Phi) is 5.13. The number of allylic oxidation sites excluding steroid dienone is 3. The van der Waals surface area contributed by atoms with Crippen LogP contribution in [-0.4, -0.2) is 0 Å². The fourth-order valence-electron chi connectivity index (χ4n) is 3.43. The van der Waals surface area contributed by atoms with Crippen molar-refractivity contribution < 1.29 is 0 Å². The van der Waals surface area contributed by atoms with Crippen molar-refractivity contribution in [2.24, 2.45) is 0 Å². The highest BCUT2D eigenvalue weighted by Gasteiger charge is 2.18. The first-order valence-electron chi connectivity index (χ1n) is 9.34. The van der Waals surface area contributed by atoms with Crippen LogP contribution in [0.25, 0.3) is 11.1 Å². The van der Waals surface area contributed by atoms with Crippen LogP contribution in [0, 0.1) is 0 Å². The van der Waals surface area contributed by atoms with Gasteiger partial charge in [-0.1, -0.05) is 64.1 Å². The van der Waals surface area contributed by atoms with Gasteiger partial charge in [-0.15, -0.1) is 0 Å². The monoisotopic (exact) mass is 331 g/mol. The molecule has 2 aromatic rings. The van der Waals surface area contributed by atoms with Crippen molar-refractivity contribution in [2.75, 3.05) is 5.32 Å². The molecule has 130 valence electrons. The summed E-state index contributed by atoms with van der Waals surface area (Å²) >= 11 is 0. The first kappa shape index (κ1) is 17.5. The Morgan fingerprint density at radius 1 is 0.840 bits per heavy atom. The fraction of sp³-hybridized carbons (Fsp3) is 0.333. The maximum Gasteiger partial charge on any atom is 0.0455 e. The second-order valence-electron chi connectivity index (χ2n) is 7.63. The van der Waals surface area contributed by atoms with Gasteiger partial charge in [0.1, 0.15) is 0 Å². The minimum Gasteiger partial charge on any atom is -0.355 e. The Labute approximate surface area is 152 Å². The molecule has 0 aromatic heterocycles. The molecule has 0 aliphatic heterocycles. The van der Waals surface area contributed by atoms with Crippen molar-refractivity contribution in [3.8, 4) is 11.1 Å². The molecule has 3 rings (SSSR count). The fourth-order valence-corrected chi connectivity index (χ4v) is 3.43. The molecule has 0 spiro atoms. The van der Waals surface area contributed by atoms with Gasteiger partial charge in [0.2, 0.25) is 0 Å². The topological polar surface area (TPSA) is 12.0 Å². The van der Waals surface area contributed by atoms with Crippen molar-refractivity contribution in [3.63, 3.8) is 0 Å². The summed E-state index contributed by atoms with van der Waals surface area (Å²) in [4.78, 5) is 0. The third-order valence-electron chi connectivity index (χ3n) is 4.98. The van der Waals surface area contributed by atoms with Gasteiger partial charge in [0.15, 0.2) is 0 Å². The van der Waals surface area contributed by atoms with Crippen LogP contribution in [0.5, 0.6) is 0 Å². The van der Waals surface area contributed by atoms with Crippen LogP contribution in [0.2, 0.25) is 0 Å².